The number of hydrogen-bond donors (Lipinski definition) is 1. The maximum absolute atomic E-state index is 14.1. The van der Waals surface area contributed by atoms with E-state index in [4.69, 9.17) is 0 Å². The van der Waals surface area contributed by atoms with Gasteiger partial charge in [-0.15, -0.1) is 0 Å². The second-order valence-electron chi connectivity index (χ2n) is 5.75. The number of aromatic nitrogens is 4. The van der Waals surface area contributed by atoms with Crippen molar-refractivity contribution in [1.82, 2.24) is 19.7 Å². The van der Waals surface area contributed by atoms with Crippen LogP contribution in [0.2, 0.25) is 0 Å². The molecule has 1 aliphatic heterocycles. The number of fused-ring (bicyclic) bond motifs is 2. The van der Waals surface area contributed by atoms with Crippen molar-refractivity contribution in [2.45, 2.75) is 32.4 Å². The molecular weight excluding hydrogens is 300 g/mol. The quantitative estimate of drug-likeness (QED) is 0.790. The maximum atomic E-state index is 14.1. The van der Waals surface area contributed by atoms with Crippen molar-refractivity contribution in [3.05, 3.63) is 47.7 Å². The number of nitrogens with one attached hydrogen (secondary N) is 1. The smallest absolute Gasteiger partial charge is 0.149 e. The molecule has 1 aromatic carbocycles. The maximum Gasteiger partial charge on any atom is 0.149 e. The summed E-state index contributed by atoms with van der Waals surface area (Å²) in [5.41, 5.74) is 0.598. The molecule has 0 bridgehead atoms. The van der Waals surface area contributed by atoms with Crippen LogP contribution in [-0.2, 0) is 13.0 Å². The Labute approximate surface area is 131 Å². The van der Waals surface area contributed by atoms with E-state index in [1.807, 2.05) is 11.6 Å². The number of halogens is 2. The number of aryl methyl sites for hydroxylation is 2. The Morgan fingerprint density at radius 2 is 2.04 bits per heavy atom. The summed E-state index contributed by atoms with van der Waals surface area (Å²) in [5, 5.41) is 7.85. The van der Waals surface area contributed by atoms with E-state index >= 15 is 0 Å². The average Bonchev–Trinajstić information content (AvgIpc) is 2.90. The predicted octanol–water partition coefficient (Wildman–Crippen LogP) is 2.84. The molecule has 1 N–H and O–H groups in total. The molecule has 7 heteroatoms. The highest BCUT2D eigenvalue weighted by Crippen LogP contribution is 2.28. The van der Waals surface area contributed by atoms with Crippen molar-refractivity contribution < 1.29 is 8.78 Å². The fourth-order valence-electron chi connectivity index (χ4n) is 3.09. The van der Waals surface area contributed by atoms with Gasteiger partial charge in [-0.3, -0.25) is 4.98 Å². The molecule has 0 saturated heterocycles. The second kappa shape index (κ2) is 5.26. The Morgan fingerprint density at radius 1 is 1.22 bits per heavy atom. The van der Waals surface area contributed by atoms with Crippen molar-refractivity contribution >= 4 is 16.6 Å². The van der Waals surface area contributed by atoms with Crippen LogP contribution in [0.3, 0.4) is 0 Å². The summed E-state index contributed by atoms with van der Waals surface area (Å²) < 4.78 is 29.9. The third kappa shape index (κ3) is 2.42. The molecule has 0 fully saturated rings. The Kier molecular flexibility index (Phi) is 3.21. The van der Waals surface area contributed by atoms with Gasteiger partial charge in [-0.1, -0.05) is 0 Å². The molecule has 0 spiro atoms. The lowest BCUT2D eigenvalue weighted by atomic mass is 10.1. The summed E-state index contributed by atoms with van der Waals surface area (Å²) in [5.74, 6) is 0.716. The second-order valence-corrected chi connectivity index (χ2v) is 5.75. The number of benzene rings is 1. The lowest BCUT2D eigenvalue weighted by Gasteiger charge is -2.25. The van der Waals surface area contributed by atoms with Gasteiger partial charge < -0.3 is 5.32 Å². The standard InChI is InChI=1S/C16H15F2N5/c1-9-20-14-5-2-10(8-23(14)22-9)21-13-6-7-19-16-12(18)4-3-11(17)15(13)16/h3-4,6-7,10H,2,5,8H2,1H3,(H,19,21). The SMILES string of the molecule is Cc1nc2n(n1)CC(Nc1ccnc3c(F)ccc(F)c13)CC2. The summed E-state index contributed by atoms with van der Waals surface area (Å²) >= 11 is 0. The van der Waals surface area contributed by atoms with Gasteiger partial charge in [-0.2, -0.15) is 5.10 Å². The number of nitrogens with zero attached hydrogens (tertiary/aromatic N) is 4. The van der Waals surface area contributed by atoms with Crippen molar-refractivity contribution in [2.24, 2.45) is 0 Å². The molecular formula is C16H15F2N5. The monoisotopic (exact) mass is 315 g/mol. The van der Waals surface area contributed by atoms with E-state index in [-0.39, 0.29) is 16.9 Å². The lowest BCUT2D eigenvalue weighted by molar-refractivity contribution is 0.441. The zero-order valence-corrected chi connectivity index (χ0v) is 12.6. The van der Waals surface area contributed by atoms with Crippen LogP contribution in [0.5, 0.6) is 0 Å². The van der Waals surface area contributed by atoms with Gasteiger partial charge in [0.15, 0.2) is 0 Å². The molecule has 3 aromatic rings. The van der Waals surface area contributed by atoms with Crippen LogP contribution in [0.15, 0.2) is 24.4 Å². The summed E-state index contributed by atoms with van der Waals surface area (Å²) in [6.07, 6.45) is 3.15. The minimum Gasteiger partial charge on any atom is -0.380 e. The van der Waals surface area contributed by atoms with Crippen molar-refractivity contribution in [3.8, 4) is 0 Å². The third-order valence-electron chi connectivity index (χ3n) is 4.12. The van der Waals surface area contributed by atoms with Crippen molar-refractivity contribution in [3.63, 3.8) is 0 Å². The molecule has 0 aliphatic carbocycles. The van der Waals surface area contributed by atoms with Crippen LogP contribution in [0.25, 0.3) is 10.9 Å². The minimum atomic E-state index is -0.525. The first-order valence-corrected chi connectivity index (χ1v) is 7.51. The summed E-state index contributed by atoms with van der Waals surface area (Å²) in [6.45, 7) is 2.51. The Bertz CT molecular complexity index is 890. The topological polar surface area (TPSA) is 55.6 Å². The van der Waals surface area contributed by atoms with Gasteiger partial charge in [0.2, 0.25) is 0 Å². The van der Waals surface area contributed by atoms with Crippen molar-refractivity contribution in [1.29, 1.82) is 0 Å². The number of rotatable bonds is 2. The highest BCUT2D eigenvalue weighted by atomic mass is 19.1. The van der Waals surface area contributed by atoms with Gasteiger partial charge in [0.1, 0.15) is 28.8 Å². The third-order valence-corrected chi connectivity index (χ3v) is 4.12. The van der Waals surface area contributed by atoms with Gasteiger partial charge in [0.05, 0.1) is 11.9 Å². The molecule has 118 valence electrons. The van der Waals surface area contributed by atoms with Gasteiger partial charge in [-0.25, -0.2) is 18.4 Å². The van der Waals surface area contributed by atoms with E-state index in [9.17, 15) is 8.78 Å². The number of pyridine rings is 1. The molecule has 1 atom stereocenters. The molecule has 3 heterocycles. The molecule has 1 aliphatic rings. The van der Waals surface area contributed by atoms with Crippen LogP contribution in [0.4, 0.5) is 14.5 Å². The highest BCUT2D eigenvalue weighted by Gasteiger charge is 2.22. The number of anilines is 1. The first-order chi connectivity index (χ1) is 11.1. The van der Waals surface area contributed by atoms with Gasteiger partial charge >= 0.3 is 0 Å². The fraction of sp³-hybridized carbons (Fsp3) is 0.312. The number of hydrogen-bond acceptors (Lipinski definition) is 4. The largest absolute Gasteiger partial charge is 0.380 e. The zero-order valence-electron chi connectivity index (χ0n) is 12.6. The van der Waals surface area contributed by atoms with E-state index in [2.05, 4.69) is 20.4 Å². The van der Waals surface area contributed by atoms with Crippen molar-refractivity contribution in [2.75, 3.05) is 5.32 Å². The highest BCUT2D eigenvalue weighted by molar-refractivity contribution is 5.92. The van der Waals surface area contributed by atoms with Crippen LogP contribution in [-0.4, -0.2) is 25.8 Å². The van der Waals surface area contributed by atoms with E-state index < -0.39 is 11.6 Å². The molecule has 4 rings (SSSR count). The Balaban J connectivity index is 1.68. The average molecular weight is 315 g/mol. The summed E-state index contributed by atoms with van der Waals surface area (Å²) in [7, 11) is 0. The molecule has 23 heavy (non-hydrogen) atoms. The van der Waals surface area contributed by atoms with Crippen LogP contribution < -0.4 is 5.32 Å². The zero-order chi connectivity index (χ0) is 16.0. The fourth-order valence-corrected chi connectivity index (χ4v) is 3.09. The van der Waals surface area contributed by atoms with Gasteiger partial charge in [-0.05, 0) is 31.5 Å². The molecule has 1 unspecified atom stereocenters. The molecule has 0 radical (unpaired) electrons. The van der Waals surface area contributed by atoms with Crippen LogP contribution in [0.1, 0.15) is 18.1 Å². The van der Waals surface area contributed by atoms with Crippen LogP contribution in [0, 0.1) is 18.6 Å². The normalized spacial score (nSPS) is 17.3. The molecule has 2 aromatic heterocycles. The predicted molar refractivity (Wildman–Crippen MR) is 82.1 cm³/mol. The van der Waals surface area contributed by atoms with Gasteiger partial charge in [0, 0.05) is 24.3 Å². The molecule has 0 amide bonds. The first kappa shape index (κ1) is 14.0. The lowest BCUT2D eigenvalue weighted by Crippen LogP contribution is -2.32. The van der Waals surface area contributed by atoms with Gasteiger partial charge in [0.25, 0.3) is 0 Å². The first-order valence-electron chi connectivity index (χ1n) is 7.51. The molecule has 0 saturated carbocycles. The summed E-state index contributed by atoms with van der Waals surface area (Å²) in [4.78, 5) is 8.32. The Hall–Kier alpha value is -2.57. The van der Waals surface area contributed by atoms with Crippen LogP contribution >= 0.6 is 0 Å². The Morgan fingerprint density at radius 3 is 2.91 bits per heavy atom. The molecule has 5 nitrogen and oxygen atoms in total. The summed E-state index contributed by atoms with van der Waals surface area (Å²) in [6, 6.07) is 3.98. The van der Waals surface area contributed by atoms with E-state index in [0.717, 1.165) is 36.6 Å². The van der Waals surface area contributed by atoms with E-state index in [1.54, 1.807) is 6.07 Å². The van der Waals surface area contributed by atoms with E-state index in [0.29, 0.717) is 12.2 Å². The van der Waals surface area contributed by atoms with E-state index in [1.165, 1.54) is 6.20 Å². The minimum absolute atomic E-state index is 0.0445.